The number of carbonyl (C=O) groups is 1. The molecule has 15 heavy (non-hydrogen) atoms. The summed E-state index contributed by atoms with van der Waals surface area (Å²) in [6, 6.07) is 1.85. The number of carbonyl (C=O) groups excluding carboxylic acids is 1. The molecule has 1 unspecified atom stereocenters. The molecule has 1 atom stereocenters. The van der Waals surface area contributed by atoms with E-state index in [0.717, 1.165) is 12.0 Å². The number of ketones is 1. The molecule has 2 N–H and O–H groups in total. The number of nitrogens with zero attached hydrogens (tertiary/aromatic N) is 1. The summed E-state index contributed by atoms with van der Waals surface area (Å²) in [7, 11) is 0. The summed E-state index contributed by atoms with van der Waals surface area (Å²) in [5.41, 5.74) is 6.85. The maximum atomic E-state index is 12.2. The van der Waals surface area contributed by atoms with Gasteiger partial charge in [-0.15, -0.1) is 0 Å². The lowest BCUT2D eigenvalue weighted by atomic mass is 9.79. The van der Waals surface area contributed by atoms with Gasteiger partial charge in [0.2, 0.25) is 0 Å². The first-order chi connectivity index (χ1) is 7.05. The Labute approximate surface area is 90.7 Å². The molecule has 0 aliphatic carbocycles. The largest absolute Gasteiger partial charge is 0.329 e. The molecule has 0 aliphatic rings. The number of pyridine rings is 1. The summed E-state index contributed by atoms with van der Waals surface area (Å²) in [4.78, 5) is 16.2. The van der Waals surface area contributed by atoms with E-state index in [0.29, 0.717) is 12.1 Å². The van der Waals surface area contributed by atoms with Crippen LogP contribution >= 0.6 is 0 Å². The summed E-state index contributed by atoms with van der Waals surface area (Å²) in [6.07, 6.45) is 4.07. The smallest absolute Gasteiger partial charge is 0.171 e. The molecule has 1 rings (SSSR count). The molecule has 82 valence electrons. The molecule has 1 aromatic rings. The first-order valence-corrected chi connectivity index (χ1v) is 5.20. The van der Waals surface area contributed by atoms with Crippen molar-refractivity contribution in [3.05, 3.63) is 29.6 Å². The number of aryl methyl sites for hydroxylation is 1. The predicted molar refractivity (Wildman–Crippen MR) is 60.8 cm³/mol. The van der Waals surface area contributed by atoms with Gasteiger partial charge in [0.1, 0.15) is 0 Å². The average Bonchev–Trinajstić information content (AvgIpc) is 2.28. The lowest BCUT2D eigenvalue weighted by Crippen LogP contribution is -2.35. The molecule has 0 aliphatic heterocycles. The number of hydrogen-bond donors (Lipinski definition) is 1. The van der Waals surface area contributed by atoms with Gasteiger partial charge in [-0.05, 0) is 25.0 Å². The van der Waals surface area contributed by atoms with Crippen LogP contribution in [0.4, 0.5) is 0 Å². The van der Waals surface area contributed by atoms with Crippen molar-refractivity contribution < 1.29 is 4.79 Å². The fourth-order valence-corrected chi connectivity index (χ4v) is 1.42. The van der Waals surface area contributed by atoms with Crippen molar-refractivity contribution in [2.24, 2.45) is 11.1 Å². The average molecular weight is 206 g/mol. The second-order valence-electron chi connectivity index (χ2n) is 4.14. The van der Waals surface area contributed by atoms with Crippen LogP contribution in [0.3, 0.4) is 0 Å². The zero-order chi connectivity index (χ0) is 11.5. The molecule has 3 heteroatoms. The van der Waals surface area contributed by atoms with Crippen molar-refractivity contribution in [2.75, 3.05) is 6.54 Å². The van der Waals surface area contributed by atoms with Crippen molar-refractivity contribution in [3.8, 4) is 0 Å². The van der Waals surface area contributed by atoms with E-state index in [2.05, 4.69) is 4.98 Å². The second kappa shape index (κ2) is 4.53. The van der Waals surface area contributed by atoms with Gasteiger partial charge in [0.25, 0.3) is 0 Å². The highest BCUT2D eigenvalue weighted by Gasteiger charge is 2.31. The lowest BCUT2D eigenvalue weighted by molar-refractivity contribution is 0.0819. The standard InChI is InChI=1S/C12H18N2O/c1-4-12(3,8-13)11(15)10-7-14-6-5-9(10)2/h5-7H,4,8,13H2,1-3H3. The minimum absolute atomic E-state index is 0.0955. The van der Waals surface area contributed by atoms with Crippen molar-refractivity contribution in [2.45, 2.75) is 27.2 Å². The first kappa shape index (κ1) is 11.9. The SMILES string of the molecule is CCC(C)(CN)C(=O)c1cnccc1C. The zero-order valence-electron chi connectivity index (χ0n) is 9.58. The molecule has 0 radical (unpaired) electrons. The number of aromatic nitrogens is 1. The van der Waals surface area contributed by atoms with Crippen molar-refractivity contribution in [3.63, 3.8) is 0 Å². The molecule has 1 heterocycles. The van der Waals surface area contributed by atoms with Gasteiger partial charge in [-0.2, -0.15) is 0 Å². The Hall–Kier alpha value is -1.22. The minimum Gasteiger partial charge on any atom is -0.329 e. The third kappa shape index (κ3) is 2.23. The normalized spacial score (nSPS) is 14.7. The monoisotopic (exact) mass is 206 g/mol. The van der Waals surface area contributed by atoms with Crippen LogP contribution in [0.25, 0.3) is 0 Å². The number of nitrogens with two attached hydrogens (primary N) is 1. The molecule has 0 saturated carbocycles. The molecular formula is C12H18N2O. The molecule has 3 nitrogen and oxygen atoms in total. The van der Waals surface area contributed by atoms with Crippen LogP contribution in [0.2, 0.25) is 0 Å². The number of rotatable bonds is 4. The maximum Gasteiger partial charge on any atom is 0.171 e. The second-order valence-corrected chi connectivity index (χ2v) is 4.14. The van der Waals surface area contributed by atoms with Gasteiger partial charge >= 0.3 is 0 Å². The fourth-order valence-electron chi connectivity index (χ4n) is 1.42. The molecule has 0 amide bonds. The third-order valence-corrected chi connectivity index (χ3v) is 3.06. The quantitative estimate of drug-likeness (QED) is 0.766. The van der Waals surface area contributed by atoms with E-state index >= 15 is 0 Å². The fraction of sp³-hybridized carbons (Fsp3) is 0.500. The van der Waals surface area contributed by atoms with E-state index < -0.39 is 5.41 Å². The Morgan fingerprint density at radius 1 is 1.60 bits per heavy atom. The molecule has 0 aromatic carbocycles. The topological polar surface area (TPSA) is 56.0 Å². The Balaban J connectivity index is 3.09. The van der Waals surface area contributed by atoms with E-state index in [1.165, 1.54) is 0 Å². The van der Waals surface area contributed by atoms with Crippen LogP contribution < -0.4 is 5.73 Å². The van der Waals surface area contributed by atoms with E-state index in [1.807, 2.05) is 26.8 Å². The molecule has 0 saturated heterocycles. The summed E-state index contributed by atoms with van der Waals surface area (Å²) < 4.78 is 0. The van der Waals surface area contributed by atoms with Crippen LogP contribution in [0.15, 0.2) is 18.5 Å². The molecule has 0 fully saturated rings. The van der Waals surface area contributed by atoms with Gasteiger partial charge in [-0.3, -0.25) is 9.78 Å². The van der Waals surface area contributed by atoms with E-state index in [4.69, 9.17) is 5.73 Å². The highest BCUT2D eigenvalue weighted by Crippen LogP contribution is 2.26. The molecule has 0 bridgehead atoms. The van der Waals surface area contributed by atoms with Gasteiger partial charge in [-0.1, -0.05) is 13.8 Å². The Morgan fingerprint density at radius 3 is 2.73 bits per heavy atom. The zero-order valence-corrected chi connectivity index (χ0v) is 9.58. The highest BCUT2D eigenvalue weighted by atomic mass is 16.1. The molecule has 1 aromatic heterocycles. The van der Waals surface area contributed by atoms with E-state index in [1.54, 1.807) is 12.4 Å². The van der Waals surface area contributed by atoms with Gasteiger partial charge in [0, 0.05) is 29.9 Å². The Bertz CT molecular complexity index is 356. The van der Waals surface area contributed by atoms with E-state index in [-0.39, 0.29) is 5.78 Å². The molecular weight excluding hydrogens is 188 g/mol. The first-order valence-electron chi connectivity index (χ1n) is 5.20. The van der Waals surface area contributed by atoms with Crippen LogP contribution in [-0.2, 0) is 0 Å². The molecule has 0 spiro atoms. The van der Waals surface area contributed by atoms with Crippen molar-refractivity contribution in [1.29, 1.82) is 0 Å². The summed E-state index contributed by atoms with van der Waals surface area (Å²) in [5, 5.41) is 0. The van der Waals surface area contributed by atoms with Gasteiger partial charge in [0.05, 0.1) is 0 Å². The Kier molecular flexibility index (Phi) is 3.58. The Morgan fingerprint density at radius 2 is 2.27 bits per heavy atom. The van der Waals surface area contributed by atoms with Crippen molar-refractivity contribution >= 4 is 5.78 Å². The minimum atomic E-state index is -0.464. The maximum absolute atomic E-state index is 12.2. The summed E-state index contributed by atoms with van der Waals surface area (Å²) >= 11 is 0. The van der Waals surface area contributed by atoms with E-state index in [9.17, 15) is 4.79 Å². The van der Waals surface area contributed by atoms with Crippen LogP contribution in [0, 0.1) is 12.3 Å². The van der Waals surface area contributed by atoms with Gasteiger partial charge in [0.15, 0.2) is 5.78 Å². The van der Waals surface area contributed by atoms with Crippen LogP contribution in [0.5, 0.6) is 0 Å². The number of hydrogen-bond acceptors (Lipinski definition) is 3. The predicted octanol–water partition coefficient (Wildman–Crippen LogP) is 1.95. The van der Waals surface area contributed by atoms with Gasteiger partial charge in [-0.25, -0.2) is 0 Å². The highest BCUT2D eigenvalue weighted by molar-refractivity contribution is 6.01. The van der Waals surface area contributed by atoms with Crippen molar-refractivity contribution in [1.82, 2.24) is 4.98 Å². The number of Topliss-reactive ketones (excluding diaryl/α,β-unsaturated/α-hetero) is 1. The van der Waals surface area contributed by atoms with Crippen LogP contribution in [-0.4, -0.2) is 17.3 Å². The van der Waals surface area contributed by atoms with Crippen LogP contribution in [0.1, 0.15) is 36.2 Å². The summed E-state index contributed by atoms with van der Waals surface area (Å²) in [6.45, 7) is 6.18. The third-order valence-electron chi connectivity index (χ3n) is 3.06. The lowest BCUT2D eigenvalue weighted by Gasteiger charge is -2.25. The summed E-state index contributed by atoms with van der Waals surface area (Å²) in [5.74, 6) is 0.0955. The van der Waals surface area contributed by atoms with Gasteiger partial charge < -0.3 is 5.73 Å².